The number of nitrogens with two attached hydrogens (primary N) is 1. The first-order chi connectivity index (χ1) is 13.9. The van der Waals surface area contributed by atoms with Crippen LogP contribution in [-0.4, -0.2) is 35.3 Å². The van der Waals surface area contributed by atoms with Gasteiger partial charge in [-0.15, -0.1) is 0 Å². The average molecular weight is 439 g/mol. The topological polar surface area (TPSA) is 102 Å². The zero-order valence-corrected chi connectivity index (χ0v) is 18.3. The van der Waals surface area contributed by atoms with E-state index in [0.29, 0.717) is 22.4 Å². The molecule has 0 saturated heterocycles. The normalized spacial score (nSPS) is 16.4. The van der Waals surface area contributed by atoms with Crippen LogP contribution in [0.25, 0.3) is 0 Å². The fourth-order valence-electron chi connectivity index (χ4n) is 3.16. The molecule has 7 nitrogen and oxygen atoms in total. The van der Waals surface area contributed by atoms with Gasteiger partial charge in [0, 0.05) is 28.8 Å². The first-order valence-corrected chi connectivity index (χ1v) is 10.7. The number of halogens is 1. The average Bonchev–Trinajstić information content (AvgIpc) is 3.09. The highest BCUT2D eigenvalue weighted by molar-refractivity contribution is 8.00. The molecule has 1 aromatic heterocycles. The number of hydrogen-bond donors (Lipinski definition) is 4. The fourth-order valence-corrected chi connectivity index (χ4v) is 4.48. The predicted molar refractivity (Wildman–Crippen MR) is 118 cm³/mol. The minimum atomic E-state index is -0.0560. The molecule has 158 valence electrons. The standard InChI is InChI=1S/C20H27ClN4O3S/c1-11(2)6-13(9-26)24-20-25-18-15(27-3)7-14(8-16(18)29-20)28-10-12-4-5-23-19(22)17(12)21/h4-5,7-8,11,13,20,24-26H,6,9-10H2,1-3H3,(H2,22,23). The quantitative estimate of drug-likeness (QED) is 0.470. The molecule has 9 heteroatoms. The molecular weight excluding hydrogens is 412 g/mol. The van der Waals surface area contributed by atoms with Gasteiger partial charge in [0.1, 0.15) is 29.4 Å². The number of benzene rings is 1. The Morgan fingerprint density at radius 2 is 2.21 bits per heavy atom. The number of aromatic nitrogens is 1. The highest BCUT2D eigenvalue weighted by Crippen LogP contribution is 2.46. The van der Waals surface area contributed by atoms with Crippen molar-refractivity contribution >= 4 is 34.9 Å². The number of rotatable bonds is 9. The maximum absolute atomic E-state index is 9.65. The third kappa shape index (κ3) is 5.39. The van der Waals surface area contributed by atoms with E-state index in [9.17, 15) is 5.11 Å². The lowest BCUT2D eigenvalue weighted by atomic mass is 10.0. The smallest absolute Gasteiger partial charge is 0.146 e. The molecule has 5 N–H and O–H groups in total. The van der Waals surface area contributed by atoms with E-state index < -0.39 is 0 Å². The molecule has 0 saturated carbocycles. The zero-order chi connectivity index (χ0) is 21.0. The van der Waals surface area contributed by atoms with Crippen LogP contribution in [0.1, 0.15) is 25.8 Å². The summed E-state index contributed by atoms with van der Waals surface area (Å²) in [6.45, 7) is 4.65. The molecule has 0 amide bonds. The van der Waals surface area contributed by atoms with Crippen LogP contribution < -0.4 is 25.8 Å². The van der Waals surface area contributed by atoms with Crippen LogP contribution in [0.15, 0.2) is 29.3 Å². The van der Waals surface area contributed by atoms with Crippen LogP contribution in [0, 0.1) is 5.92 Å². The Bertz CT molecular complexity index is 853. The largest absolute Gasteiger partial charge is 0.494 e. The maximum Gasteiger partial charge on any atom is 0.146 e. The molecule has 1 aromatic carbocycles. The summed E-state index contributed by atoms with van der Waals surface area (Å²) in [6, 6.07) is 5.61. The van der Waals surface area contributed by atoms with Gasteiger partial charge in [-0.25, -0.2) is 4.98 Å². The van der Waals surface area contributed by atoms with Gasteiger partial charge in [0.05, 0.1) is 24.4 Å². The van der Waals surface area contributed by atoms with Gasteiger partial charge in [0.25, 0.3) is 0 Å². The van der Waals surface area contributed by atoms with Crippen LogP contribution in [-0.2, 0) is 6.61 Å². The summed E-state index contributed by atoms with van der Waals surface area (Å²) in [5.41, 5.74) is 7.37. The number of hydrogen-bond acceptors (Lipinski definition) is 8. The molecule has 0 spiro atoms. The lowest BCUT2D eigenvalue weighted by Crippen LogP contribution is -2.42. The second kappa shape index (κ2) is 9.75. The first kappa shape index (κ1) is 21.8. The molecule has 0 radical (unpaired) electrons. The Morgan fingerprint density at radius 1 is 1.41 bits per heavy atom. The molecule has 3 rings (SSSR count). The van der Waals surface area contributed by atoms with Crippen molar-refractivity contribution < 1.29 is 14.6 Å². The summed E-state index contributed by atoms with van der Waals surface area (Å²) in [6.07, 6.45) is 2.50. The second-order valence-corrected chi connectivity index (χ2v) is 8.80. The monoisotopic (exact) mass is 438 g/mol. The second-order valence-electron chi connectivity index (χ2n) is 7.27. The van der Waals surface area contributed by atoms with Gasteiger partial charge in [-0.2, -0.15) is 0 Å². The van der Waals surface area contributed by atoms with Crippen molar-refractivity contribution in [1.82, 2.24) is 10.3 Å². The Morgan fingerprint density at radius 3 is 2.90 bits per heavy atom. The van der Waals surface area contributed by atoms with Crippen molar-refractivity contribution in [3.63, 3.8) is 0 Å². The zero-order valence-electron chi connectivity index (χ0n) is 16.7. The Hall–Kier alpha value is -1.87. The van der Waals surface area contributed by atoms with E-state index in [1.807, 2.05) is 12.1 Å². The lowest BCUT2D eigenvalue weighted by Gasteiger charge is -2.22. The number of nitrogens with zero attached hydrogens (tertiary/aromatic N) is 1. The lowest BCUT2D eigenvalue weighted by molar-refractivity contribution is 0.224. The number of methoxy groups -OCH3 is 1. The van der Waals surface area contributed by atoms with Gasteiger partial charge >= 0.3 is 0 Å². The van der Waals surface area contributed by atoms with Gasteiger partial charge in [-0.3, -0.25) is 5.32 Å². The number of ether oxygens (including phenoxy) is 2. The van der Waals surface area contributed by atoms with Crippen molar-refractivity contribution in [2.24, 2.45) is 5.92 Å². The number of nitrogens with one attached hydrogen (secondary N) is 2. The molecule has 29 heavy (non-hydrogen) atoms. The van der Waals surface area contributed by atoms with E-state index in [-0.39, 0.29) is 30.6 Å². The van der Waals surface area contributed by atoms with Crippen molar-refractivity contribution in [2.45, 2.75) is 43.3 Å². The van der Waals surface area contributed by atoms with E-state index in [1.165, 1.54) is 0 Å². The summed E-state index contributed by atoms with van der Waals surface area (Å²) in [5, 5.41) is 16.9. The molecule has 2 unspecified atom stereocenters. The molecule has 2 aromatic rings. The molecule has 2 heterocycles. The van der Waals surface area contributed by atoms with Gasteiger partial charge in [-0.05, 0) is 24.5 Å². The number of pyridine rings is 1. The van der Waals surface area contributed by atoms with Crippen molar-refractivity contribution in [1.29, 1.82) is 0 Å². The van der Waals surface area contributed by atoms with Crippen LogP contribution in [0.5, 0.6) is 11.5 Å². The van der Waals surface area contributed by atoms with Crippen LogP contribution >= 0.6 is 23.4 Å². The molecule has 0 aliphatic carbocycles. The van der Waals surface area contributed by atoms with Crippen LogP contribution in [0.2, 0.25) is 5.02 Å². The Kier molecular flexibility index (Phi) is 7.34. The minimum absolute atomic E-state index is 0.0234. The van der Waals surface area contributed by atoms with Crippen molar-refractivity contribution in [2.75, 3.05) is 24.8 Å². The number of fused-ring (bicyclic) bond motifs is 1. The maximum atomic E-state index is 9.65. The number of anilines is 2. The first-order valence-electron chi connectivity index (χ1n) is 9.45. The Labute approximate surface area is 180 Å². The van der Waals surface area contributed by atoms with Crippen molar-refractivity contribution in [3.8, 4) is 11.5 Å². The number of thioether (sulfide) groups is 1. The molecule has 1 aliphatic rings. The van der Waals surface area contributed by atoms with Gasteiger partial charge in [0.2, 0.25) is 0 Å². The van der Waals surface area contributed by atoms with E-state index in [0.717, 1.165) is 22.6 Å². The molecule has 1 aliphatic heterocycles. The van der Waals surface area contributed by atoms with Gasteiger partial charge < -0.3 is 25.6 Å². The third-order valence-corrected chi connectivity index (χ3v) is 6.04. The minimum Gasteiger partial charge on any atom is -0.494 e. The third-order valence-electron chi connectivity index (χ3n) is 4.53. The summed E-state index contributed by atoms with van der Waals surface area (Å²) in [5.74, 6) is 2.15. The number of aliphatic hydroxyl groups is 1. The molecule has 2 atom stereocenters. The van der Waals surface area contributed by atoms with E-state index >= 15 is 0 Å². The Balaban J connectivity index is 1.71. The highest BCUT2D eigenvalue weighted by Gasteiger charge is 2.27. The molecular formula is C20H27ClN4O3S. The summed E-state index contributed by atoms with van der Waals surface area (Å²) in [4.78, 5) is 4.97. The number of aliphatic hydroxyl groups excluding tert-OH is 1. The predicted octanol–water partition coefficient (Wildman–Crippen LogP) is 3.70. The SMILES string of the molecule is COc1cc(OCc2ccnc(N)c2Cl)cc2c1NC(NC(CO)CC(C)C)S2. The summed E-state index contributed by atoms with van der Waals surface area (Å²) in [7, 11) is 1.63. The van der Waals surface area contributed by atoms with Crippen LogP contribution in [0.4, 0.5) is 11.5 Å². The fraction of sp³-hybridized carbons (Fsp3) is 0.450. The van der Waals surface area contributed by atoms with E-state index in [2.05, 4.69) is 29.5 Å². The van der Waals surface area contributed by atoms with Crippen LogP contribution in [0.3, 0.4) is 0 Å². The van der Waals surface area contributed by atoms with Gasteiger partial charge in [0.15, 0.2) is 0 Å². The van der Waals surface area contributed by atoms with Gasteiger partial charge in [-0.1, -0.05) is 37.2 Å². The molecule has 0 fully saturated rings. The van der Waals surface area contributed by atoms with E-state index in [4.69, 9.17) is 26.8 Å². The summed E-state index contributed by atoms with van der Waals surface area (Å²) < 4.78 is 11.5. The van der Waals surface area contributed by atoms with E-state index in [1.54, 1.807) is 31.1 Å². The molecule has 0 bridgehead atoms. The van der Waals surface area contributed by atoms with Crippen molar-refractivity contribution in [3.05, 3.63) is 35.0 Å². The highest BCUT2D eigenvalue weighted by atomic mass is 35.5. The summed E-state index contributed by atoms with van der Waals surface area (Å²) >= 11 is 7.82. The number of nitrogen functional groups attached to an aromatic ring is 1.